The van der Waals surface area contributed by atoms with E-state index in [1.54, 1.807) is 25.4 Å². The van der Waals surface area contributed by atoms with Crippen molar-refractivity contribution in [1.29, 1.82) is 0 Å². The van der Waals surface area contributed by atoms with Crippen LogP contribution in [0.3, 0.4) is 0 Å². The summed E-state index contributed by atoms with van der Waals surface area (Å²) in [6, 6.07) is 8.33. The molecule has 0 aliphatic heterocycles. The van der Waals surface area contributed by atoms with Crippen LogP contribution in [0, 0.1) is 6.92 Å². The Morgan fingerprint density at radius 3 is 2.53 bits per heavy atom. The van der Waals surface area contributed by atoms with E-state index in [1.807, 2.05) is 23.7 Å². The van der Waals surface area contributed by atoms with E-state index in [1.165, 1.54) is 38.0 Å². The molecule has 0 saturated heterocycles. The molecule has 11 heteroatoms. The van der Waals surface area contributed by atoms with Gasteiger partial charge in [0.15, 0.2) is 11.0 Å². The summed E-state index contributed by atoms with van der Waals surface area (Å²) in [4.78, 5) is 16.6. The number of sulfonamides is 1. The first-order chi connectivity index (χ1) is 14.2. The van der Waals surface area contributed by atoms with Gasteiger partial charge in [-0.25, -0.2) is 12.7 Å². The topological polar surface area (TPSA) is 110 Å². The molecule has 1 amide bonds. The minimum Gasteiger partial charge on any atom is -0.325 e. The Labute approximate surface area is 179 Å². The van der Waals surface area contributed by atoms with Gasteiger partial charge in [-0.15, -0.1) is 10.2 Å². The van der Waals surface area contributed by atoms with Crippen molar-refractivity contribution in [3.8, 4) is 11.4 Å². The van der Waals surface area contributed by atoms with Gasteiger partial charge in [-0.2, -0.15) is 0 Å². The average molecular weight is 447 g/mol. The van der Waals surface area contributed by atoms with Crippen LogP contribution in [-0.2, 0) is 21.9 Å². The van der Waals surface area contributed by atoms with Gasteiger partial charge in [0.1, 0.15) is 0 Å². The number of nitrogens with zero attached hydrogens (tertiary/aromatic N) is 5. The lowest BCUT2D eigenvalue weighted by atomic mass is 10.2. The molecule has 0 atom stereocenters. The maximum atomic E-state index is 12.5. The summed E-state index contributed by atoms with van der Waals surface area (Å²) < 4.78 is 27.6. The Balaban J connectivity index is 1.70. The normalized spacial score (nSPS) is 11.6. The van der Waals surface area contributed by atoms with E-state index in [2.05, 4.69) is 20.5 Å². The summed E-state index contributed by atoms with van der Waals surface area (Å²) in [5, 5.41) is 11.7. The van der Waals surface area contributed by atoms with Crippen molar-refractivity contribution in [3.05, 3.63) is 48.3 Å². The second kappa shape index (κ2) is 8.94. The number of thioether (sulfide) groups is 1. The van der Waals surface area contributed by atoms with Crippen molar-refractivity contribution >= 4 is 33.4 Å². The van der Waals surface area contributed by atoms with Gasteiger partial charge < -0.3 is 9.88 Å². The highest BCUT2D eigenvalue weighted by atomic mass is 32.2. The highest BCUT2D eigenvalue weighted by Crippen LogP contribution is 2.24. The smallest absolute Gasteiger partial charge is 0.242 e. The van der Waals surface area contributed by atoms with Gasteiger partial charge >= 0.3 is 0 Å². The number of hydrogen-bond acceptors (Lipinski definition) is 7. The van der Waals surface area contributed by atoms with E-state index in [9.17, 15) is 13.2 Å². The number of carbonyl (C=O) groups is 1. The highest BCUT2D eigenvalue weighted by molar-refractivity contribution is 7.99. The third kappa shape index (κ3) is 4.69. The molecule has 30 heavy (non-hydrogen) atoms. The molecule has 3 rings (SSSR count). The van der Waals surface area contributed by atoms with Crippen molar-refractivity contribution in [1.82, 2.24) is 24.1 Å². The van der Waals surface area contributed by atoms with Gasteiger partial charge in [0, 0.05) is 44.8 Å². The van der Waals surface area contributed by atoms with Crippen LogP contribution in [0.4, 0.5) is 5.69 Å². The molecule has 0 saturated carbocycles. The Morgan fingerprint density at radius 2 is 1.87 bits per heavy atom. The molecule has 0 aliphatic carbocycles. The third-order valence-electron chi connectivity index (χ3n) is 4.37. The van der Waals surface area contributed by atoms with Crippen molar-refractivity contribution in [2.45, 2.75) is 17.0 Å². The number of hydrogen-bond donors (Lipinski definition) is 1. The molecule has 0 aliphatic rings. The number of carbonyl (C=O) groups excluding carboxylic acids is 1. The number of amides is 1. The lowest BCUT2D eigenvalue weighted by Gasteiger charge is -2.14. The summed E-state index contributed by atoms with van der Waals surface area (Å²) in [7, 11) is 1.17. The van der Waals surface area contributed by atoms with Crippen molar-refractivity contribution < 1.29 is 13.2 Å². The molecular formula is C19H22N6O3S2. The molecule has 0 bridgehead atoms. The Kier molecular flexibility index (Phi) is 6.54. The summed E-state index contributed by atoms with van der Waals surface area (Å²) in [5.41, 5.74) is 2.11. The first-order valence-corrected chi connectivity index (χ1v) is 11.4. The van der Waals surface area contributed by atoms with Gasteiger partial charge in [0.05, 0.1) is 10.6 Å². The van der Waals surface area contributed by atoms with Crippen LogP contribution in [0.5, 0.6) is 0 Å². The fourth-order valence-electron chi connectivity index (χ4n) is 2.62. The first kappa shape index (κ1) is 21.9. The average Bonchev–Trinajstić information content (AvgIpc) is 3.09. The van der Waals surface area contributed by atoms with Gasteiger partial charge in [-0.05, 0) is 36.8 Å². The summed E-state index contributed by atoms with van der Waals surface area (Å²) in [6.07, 6.45) is 3.36. The molecular weight excluding hydrogens is 424 g/mol. The molecule has 2 aromatic heterocycles. The number of pyridine rings is 1. The third-order valence-corrected chi connectivity index (χ3v) is 7.20. The maximum absolute atomic E-state index is 12.5. The van der Waals surface area contributed by atoms with Crippen LogP contribution in [-0.4, -0.2) is 58.2 Å². The molecule has 3 aromatic rings. The Hall–Kier alpha value is -2.76. The number of nitrogens with one attached hydrogen (secondary N) is 1. The van der Waals surface area contributed by atoms with E-state index < -0.39 is 10.0 Å². The van der Waals surface area contributed by atoms with Crippen molar-refractivity contribution in [2.24, 2.45) is 7.05 Å². The second-order valence-corrected chi connectivity index (χ2v) is 9.80. The van der Waals surface area contributed by atoms with Crippen LogP contribution >= 0.6 is 11.8 Å². The molecule has 0 fully saturated rings. The maximum Gasteiger partial charge on any atom is 0.242 e. The largest absolute Gasteiger partial charge is 0.325 e. The van der Waals surface area contributed by atoms with E-state index in [-0.39, 0.29) is 16.6 Å². The van der Waals surface area contributed by atoms with E-state index in [4.69, 9.17) is 0 Å². The van der Waals surface area contributed by atoms with Gasteiger partial charge in [-0.1, -0.05) is 17.8 Å². The quantitative estimate of drug-likeness (QED) is 0.554. The van der Waals surface area contributed by atoms with E-state index in [0.717, 1.165) is 15.4 Å². The molecule has 0 spiro atoms. The molecule has 9 nitrogen and oxygen atoms in total. The van der Waals surface area contributed by atoms with E-state index >= 15 is 0 Å². The zero-order chi connectivity index (χ0) is 21.9. The Morgan fingerprint density at radius 1 is 1.17 bits per heavy atom. The zero-order valence-electron chi connectivity index (χ0n) is 17.0. The number of aromatic nitrogens is 4. The van der Waals surface area contributed by atoms with E-state index in [0.29, 0.717) is 16.7 Å². The standard InChI is InChI=1S/C19H22N6O3S2/c1-13-5-6-15(30(27,28)24(2)3)11-16(13)21-17(26)12-29-19-23-22-18(25(19)4)14-7-9-20-10-8-14/h5-11H,12H2,1-4H3,(H,21,26). The Bertz CT molecular complexity index is 1160. The van der Waals surface area contributed by atoms with Gasteiger partial charge in [-0.3, -0.25) is 9.78 Å². The summed E-state index contributed by atoms with van der Waals surface area (Å²) in [6.45, 7) is 1.80. The molecule has 158 valence electrons. The SMILES string of the molecule is Cc1ccc(S(=O)(=O)N(C)C)cc1NC(=O)CSc1nnc(-c2ccncc2)n1C. The van der Waals surface area contributed by atoms with Crippen LogP contribution in [0.25, 0.3) is 11.4 Å². The molecule has 0 unspecified atom stereocenters. The zero-order valence-corrected chi connectivity index (χ0v) is 18.7. The molecule has 1 N–H and O–H groups in total. The van der Waals surface area contributed by atoms with Crippen LogP contribution in [0.15, 0.2) is 52.8 Å². The van der Waals surface area contributed by atoms with Crippen LogP contribution in [0.1, 0.15) is 5.56 Å². The predicted molar refractivity (Wildman–Crippen MR) is 116 cm³/mol. The van der Waals surface area contributed by atoms with Crippen molar-refractivity contribution in [3.63, 3.8) is 0 Å². The predicted octanol–water partition coefficient (Wildman–Crippen LogP) is 2.17. The van der Waals surface area contributed by atoms with Crippen LogP contribution in [0.2, 0.25) is 0 Å². The minimum atomic E-state index is -3.59. The molecule has 1 aromatic carbocycles. The lowest BCUT2D eigenvalue weighted by Crippen LogP contribution is -2.22. The lowest BCUT2D eigenvalue weighted by molar-refractivity contribution is -0.113. The van der Waals surface area contributed by atoms with Gasteiger partial charge in [0.2, 0.25) is 15.9 Å². The molecule has 2 heterocycles. The number of aryl methyl sites for hydroxylation is 1. The number of anilines is 1. The van der Waals surface area contributed by atoms with Gasteiger partial charge in [0.25, 0.3) is 0 Å². The first-order valence-electron chi connectivity index (χ1n) is 8.96. The fourth-order valence-corrected chi connectivity index (χ4v) is 4.26. The number of rotatable bonds is 7. The van der Waals surface area contributed by atoms with Crippen LogP contribution < -0.4 is 5.32 Å². The number of benzene rings is 1. The minimum absolute atomic E-state index is 0.104. The fraction of sp³-hybridized carbons (Fsp3) is 0.263. The summed E-state index contributed by atoms with van der Waals surface area (Å²) in [5.74, 6) is 0.514. The van der Waals surface area contributed by atoms with Crippen molar-refractivity contribution in [2.75, 3.05) is 25.2 Å². The molecule has 0 radical (unpaired) electrons. The highest BCUT2D eigenvalue weighted by Gasteiger charge is 2.19. The monoisotopic (exact) mass is 446 g/mol. The summed E-state index contributed by atoms with van der Waals surface area (Å²) >= 11 is 1.25. The second-order valence-electron chi connectivity index (χ2n) is 6.70.